The number of aromatic hydroxyl groups is 1. The van der Waals surface area contributed by atoms with Crippen LogP contribution in [0.5, 0.6) is 11.5 Å². The van der Waals surface area contributed by atoms with Crippen molar-refractivity contribution in [2.24, 2.45) is 0 Å². The Morgan fingerprint density at radius 1 is 1.30 bits per heavy atom. The number of ether oxygens (including phenoxy) is 2. The quantitative estimate of drug-likeness (QED) is 0.507. The normalized spacial score (nSPS) is 10.9. The average Bonchev–Trinajstić information content (AvgIpc) is 3.15. The molecular weight excluding hydrogens is 372 g/mol. The van der Waals surface area contributed by atoms with Gasteiger partial charge in [-0.3, -0.25) is 0 Å². The molecule has 1 aromatic heterocycles. The van der Waals surface area contributed by atoms with E-state index in [4.69, 9.17) is 25.6 Å². The zero-order valence-electron chi connectivity index (χ0n) is 14.3. The van der Waals surface area contributed by atoms with Gasteiger partial charge in [0.1, 0.15) is 0 Å². The minimum Gasteiger partial charge on any atom is -0.504 e. The molecule has 3 aromatic rings. The number of carbonyl (C=O) groups excluding carboxylic acids is 1. The van der Waals surface area contributed by atoms with Crippen LogP contribution in [-0.2, 0) is 16.1 Å². The molecule has 0 atom stereocenters. The van der Waals surface area contributed by atoms with Crippen LogP contribution in [0.25, 0.3) is 17.5 Å². The van der Waals surface area contributed by atoms with E-state index in [1.165, 1.54) is 25.3 Å². The molecule has 2 aromatic carbocycles. The zero-order chi connectivity index (χ0) is 19.2. The molecule has 138 valence electrons. The van der Waals surface area contributed by atoms with Crippen LogP contribution in [0.15, 0.2) is 53.1 Å². The highest BCUT2D eigenvalue weighted by Crippen LogP contribution is 2.26. The number of rotatable bonds is 6. The van der Waals surface area contributed by atoms with Crippen LogP contribution in [0.1, 0.15) is 11.5 Å². The molecule has 0 fully saturated rings. The molecule has 0 unspecified atom stereocenters. The van der Waals surface area contributed by atoms with E-state index < -0.39 is 5.97 Å². The lowest BCUT2D eigenvalue weighted by Crippen LogP contribution is -2.01. The van der Waals surface area contributed by atoms with Crippen LogP contribution in [0.4, 0.5) is 0 Å². The fourth-order valence-electron chi connectivity index (χ4n) is 2.20. The van der Waals surface area contributed by atoms with Crippen LogP contribution in [0.3, 0.4) is 0 Å². The number of nitrogens with zero attached hydrogens (tertiary/aromatic N) is 2. The maximum atomic E-state index is 11.8. The predicted octanol–water partition coefficient (Wildman–Crippen LogP) is 3.86. The van der Waals surface area contributed by atoms with Gasteiger partial charge in [0.15, 0.2) is 18.1 Å². The van der Waals surface area contributed by atoms with Crippen LogP contribution in [-0.4, -0.2) is 28.3 Å². The molecule has 0 saturated carbocycles. The van der Waals surface area contributed by atoms with Crippen LogP contribution >= 0.6 is 11.6 Å². The highest BCUT2D eigenvalue weighted by atomic mass is 35.5. The van der Waals surface area contributed by atoms with Gasteiger partial charge in [0, 0.05) is 16.7 Å². The fourth-order valence-corrected chi connectivity index (χ4v) is 2.39. The molecule has 27 heavy (non-hydrogen) atoms. The van der Waals surface area contributed by atoms with Crippen molar-refractivity contribution in [3.05, 3.63) is 65.0 Å². The van der Waals surface area contributed by atoms with Gasteiger partial charge in [-0.1, -0.05) is 35.0 Å². The molecule has 3 rings (SSSR count). The lowest BCUT2D eigenvalue weighted by molar-refractivity contribution is -0.139. The molecule has 1 heterocycles. The standard InChI is InChI=1S/C19H15ClN2O5/c1-25-16-9-12(5-7-15(16)23)6-8-18(24)26-11-17-21-19(22-27-17)13-3-2-4-14(20)10-13/h2-10,23H,11H2,1H3/b8-6+. The molecule has 0 aliphatic rings. The molecular formula is C19H15ClN2O5. The Morgan fingerprint density at radius 3 is 2.93 bits per heavy atom. The number of phenols is 1. The lowest BCUT2D eigenvalue weighted by Gasteiger charge is -2.03. The number of halogens is 1. The summed E-state index contributed by atoms with van der Waals surface area (Å²) in [7, 11) is 1.44. The Balaban J connectivity index is 1.58. The largest absolute Gasteiger partial charge is 0.504 e. The second kappa shape index (κ2) is 8.37. The number of methoxy groups -OCH3 is 1. The first kappa shape index (κ1) is 18.5. The average molecular weight is 387 g/mol. The van der Waals surface area contributed by atoms with Crippen molar-refractivity contribution in [2.45, 2.75) is 6.61 Å². The third-order valence-corrected chi connectivity index (χ3v) is 3.74. The number of carbonyl (C=O) groups is 1. The van der Waals surface area contributed by atoms with Crippen molar-refractivity contribution in [1.82, 2.24) is 10.1 Å². The van der Waals surface area contributed by atoms with E-state index in [9.17, 15) is 9.90 Å². The van der Waals surface area contributed by atoms with Crippen LogP contribution < -0.4 is 4.74 Å². The van der Waals surface area contributed by atoms with E-state index in [2.05, 4.69) is 10.1 Å². The second-order valence-electron chi connectivity index (χ2n) is 5.39. The van der Waals surface area contributed by atoms with Gasteiger partial charge < -0.3 is 19.1 Å². The molecule has 0 aliphatic carbocycles. The van der Waals surface area contributed by atoms with Gasteiger partial charge in [-0.25, -0.2) is 4.79 Å². The minimum absolute atomic E-state index is 0.0177. The maximum Gasteiger partial charge on any atom is 0.331 e. The first-order valence-electron chi connectivity index (χ1n) is 7.85. The van der Waals surface area contributed by atoms with Crippen molar-refractivity contribution < 1.29 is 23.9 Å². The van der Waals surface area contributed by atoms with E-state index in [0.717, 1.165) is 0 Å². The highest BCUT2D eigenvalue weighted by Gasteiger charge is 2.10. The molecule has 0 bridgehead atoms. The first-order valence-corrected chi connectivity index (χ1v) is 8.23. The van der Waals surface area contributed by atoms with Crippen LogP contribution in [0, 0.1) is 0 Å². The predicted molar refractivity (Wildman–Crippen MR) is 98.2 cm³/mol. The summed E-state index contributed by atoms with van der Waals surface area (Å²) in [6.45, 7) is -0.157. The SMILES string of the molecule is COc1cc(/C=C/C(=O)OCc2nc(-c3cccc(Cl)c3)no2)ccc1O. The molecule has 8 heteroatoms. The molecule has 7 nitrogen and oxygen atoms in total. The fraction of sp³-hybridized carbons (Fsp3) is 0.105. The third-order valence-electron chi connectivity index (χ3n) is 3.50. The number of hydrogen-bond donors (Lipinski definition) is 1. The minimum atomic E-state index is -0.579. The van der Waals surface area contributed by atoms with Crippen molar-refractivity contribution in [3.8, 4) is 22.9 Å². The Hall–Kier alpha value is -3.32. The number of benzene rings is 2. The second-order valence-corrected chi connectivity index (χ2v) is 5.83. The van der Waals surface area contributed by atoms with Gasteiger partial charge >= 0.3 is 5.97 Å². The van der Waals surface area contributed by atoms with Crippen LogP contribution in [0.2, 0.25) is 5.02 Å². The van der Waals surface area contributed by atoms with Gasteiger partial charge in [0.05, 0.1) is 7.11 Å². The van der Waals surface area contributed by atoms with Gasteiger partial charge in [0.2, 0.25) is 5.82 Å². The molecule has 1 N–H and O–H groups in total. The molecule has 0 aliphatic heterocycles. The van der Waals surface area contributed by atoms with Gasteiger partial charge in [-0.2, -0.15) is 4.98 Å². The van der Waals surface area contributed by atoms with Gasteiger partial charge in [0.25, 0.3) is 5.89 Å². The lowest BCUT2D eigenvalue weighted by atomic mass is 10.2. The summed E-state index contributed by atoms with van der Waals surface area (Å²) in [6, 6.07) is 11.7. The summed E-state index contributed by atoms with van der Waals surface area (Å²) < 4.78 is 15.1. The van der Waals surface area contributed by atoms with E-state index >= 15 is 0 Å². The number of hydrogen-bond acceptors (Lipinski definition) is 7. The number of esters is 1. The third kappa shape index (κ3) is 4.86. The van der Waals surface area contributed by atoms with Crippen molar-refractivity contribution in [2.75, 3.05) is 7.11 Å². The summed E-state index contributed by atoms with van der Waals surface area (Å²) in [4.78, 5) is 16.0. The van der Waals surface area contributed by atoms with Gasteiger partial charge in [-0.05, 0) is 35.9 Å². The monoisotopic (exact) mass is 386 g/mol. The Morgan fingerprint density at radius 2 is 2.15 bits per heavy atom. The van der Waals surface area contributed by atoms with E-state index in [1.54, 1.807) is 36.4 Å². The van der Waals surface area contributed by atoms with E-state index in [0.29, 0.717) is 27.7 Å². The molecule has 0 amide bonds. The van der Waals surface area contributed by atoms with Crippen molar-refractivity contribution in [1.29, 1.82) is 0 Å². The molecule has 0 saturated heterocycles. The summed E-state index contributed by atoms with van der Waals surface area (Å²) in [5.41, 5.74) is 1.37. The summed E-state index contributed by atoms with van der Waals surface area (Å²) in [5, 5.41) is 13.9. The maximum absolute atomic E-state index is 11.8. The molecule has 0 spiro atoms. The summed E-state index contributed by atoms with van der Waals surface area (Å²) >= 11 is 5.93. The first-order chi connectivity index (χ1) is 13.0. The van der Waals surface area contributed by atoms with E-state index in [-0.39, 0.29) is 18.2 Å². The summed E-state index contributed by atoms with van der Waals surface area (Å²) in [6.07, 6.45) is 2.79. The summed E-state index contributed by atoms with van der Waals surface area (Å²) in [5.74, 6) is 0.270. The Bertz CT molecular complexity index is 984. The number of phenolic OH excluding ortho intramolecular Hbond substituents is 1. The molecule has 0 radical (unpaired) electrons. The smallest absolute Gasteiger partial charge is 0.331 e. The zero-order valence-corrected chi connectivity index (χ0v) is 15.0. The highest BCUT2D eigenvalue weighted by molar-refractivity contribution is 6.30. The topological polar surface area (TPSA) is 94.7 Å². The number of aromatic nitrogens is 2. The van der Waals surface area contributed by atoms with Crippen molar-refractivity contribution >= 4 is 23.6 Å². The Kier molecular flexibility index (Phi) is 5.73. The van der Waals surface area contributed by atoms with E-state index in [1.807, 2.05) is 0 Å². The van der Waals surface area contributed by atoms with Gasteiger partial charge in [-0.15, -0.1) is 0 Å². The van der Waals surface area contributed by atoms with Crippen molar-refractivity contribution in [3.63, 3.8) is 0 Å². The Labute approximate surface area is 159 Å².